The summed E-state index contributed by atoms with van der Waals surface area (Å²) in [7, 11) is 1.36. The fourth-order valence-corrected chi connectivity index (χ4v) is 3.43. The third-order valence-electron chi connectivity index (χ3n) is 4.29. The number of rotatable bonds is 1. The van der Waals surface area contributed by atoms with E-state index in [4.69, 9.17) is 9.47 Å². The van der Waals surface area contributed by atoms with Crippen molar-refractivity contribution < 1.29 is 19.1 Å². The molecule has 0 aromatic heterocycles. The Morgan fingerprint density at radius 1 is 1.36 bits per heavy atom. The molecular weight excluding hydrogens is 282 g/mol. The van der Waals surface area contributed by atoms with Crippen molar-refractivity contribution in [3.05, 3.63) is 35.5 Å². The number of hydrogen-bond donors (Lipinski definition) is 0. The Kier molecular flexibility index (Phi) is 3.20. The van der Waals surface area contributed by atoms with Crippen molar-refractivity contribution in [3.63, 3.8) is 0 Å². The largest absolute Gasteiger partial charge is 0.466 e. The molecule has 0 fully saturated rings. The van der Waals surface area contributed by atoms with Crippen molar-refractivity contribution in [3.8, 4) is 0 Å². The van der Waals surface area contributed by atoms with Gasteiger partial charge in [0.1, 0.15) is 11.1 Å². The Balaban J connectivity index is 2.00. The molecule has 0 radical (unpaired) electrons. The van der Waals surface area contributed by atoms with Crippen LogP contribution in [0.1, 0.15) is 27.2 Å². The van der Waals surface area contributed by atoms with E-state index < -0.39 is 23.2 Å². The molecule has 5 heteroatoms. The molecule has 3 aliphatic carbocycles. The van der Waals surface area contributed by atoms with Crippen molar-refractivity contribution in [2.75, 3.05) is 13.7 Å². The van der Waals surface area contributed by atoms with Crippen LogP contribution in [0.4, 0.5) is 4.79 Å². The predicted molar refractivity (Wildman–Crippen MR) is 81.1 cm³/mol. The van der Waals surface area contributed by atoms with Crippen LogP contribution in [-0.2, 0) is 14.3 Å². The Labute approximate surface area is 130 Å². The maximum absolute atomic E-state index is 12.6. The first-order chi connectivity index (χ1) is 10.3. The van der Waals surface area contributed by atoms with Gasteiger partial charge in [0.25, 0.3) is 0 Å². The standard InChI is InChI=1S/C17H21NO4/c1-16(2,3)22-15(20)18-8-6-12-9-11-5-7-17(12,18)13(10-11)14(19)21-4/h5-7,10-11H,8-9H2,1-4H3. The highest BCUT2D eigenvalue weighted by Gasteiger charge is 2.54. The predicted octanol–water partition coefficient (Wildman–Crippen LogP) is 2.59. The molecule has 2 unspecified atom stereocenters. The fraction of sp³-hybridized carbons (Fsp3) is 0.529. The van der Waals surface area contributed by atoms with E-state index in [9.17, 15) is 9.59 Å². The van der Waals surface area contributed by atoms with Crippen molar-refractivity contribution >= 4 is 12.1 Å². The molecule has 1 spiro atoms. The number of hydrogen-bond acceptors (Lipinski definition) is 4. The monoisotopic (exact) mass is 303 g/mol. The van der Waals surface area contributed by atoms with Gasteiger partial charge < -0.3 is 9.47 Å². The minimum Gasteiger partial charge on any atom is -0.466 e. The molecular formula is C17H21NO4. The van der Waals surface area contributed by atoms with Crippen LogP contribution in [0.3, 0.4) is 0 Å². The lowest BCUT2D eigenvalue weighted by atomic mass is 9.68. The van der Waals surface area contributed by atoms with E-state index in [1.807, 2.05) is 45.1 Å². The van der Waals surface area contributed by atoms with Crippen LogP contribution < -0.4 is 0 Å². The first-order valence-electron chi connectivity index (χ1n) is 7.48. The zero-order valence-electron chi connectivity index (χ0n) is 13.4. The van der Waals surface area contributed by atoms with Crippen LogP contribution in [-0.4, -0.2) is 41.8 Å². The van der Waals surface area contributed by atoms with Crippen molar-refractivity contribution in [1.29, 1.82) is 0 Å². The normalized spacial score (nSPS) is 28.9. The molecule has 1 heterocycles. The van der Waals surface area contributed by atoms with Gasteiger partial charge in [0.2, 0.25) is 0 Å². The van der Waals surface area contributed by atoms with Gasteiger partial charge in [-0.05, 0) is 38.7 Å². The van der Waals surface area contributed by atoms with E-state index in [-0.39, 0.29) is 5.92 Å². The summed E-state index contributed by atoms with van der Waals surface area (Å²) in [6.45, 7) is 5.93. The molecule has 22 heavy (non-hydrogen) atoms. The second kappa shape index (κ2) is 4.73. The Bertz CT molecular complexity index is 623. The zero-order chi connectivity index (χ0) is 16.1. The highest BCUT2D eigenvalue weighted by molar-refractivity contribution is 5.96. The summed E-state index contributed by atoms with van der Waals surface area (Å²) in [5, 5.41) is 0. The van der Waals surface area contributed by atoms with Gasteiger partial charge in [-0.15, -0.1) is 0 Å². The number of ether oxygens (including phenoxy) is 2. The Morgan fingerprint density at radius 3 is 2.73 bits per heavy atom. The summed E-state index contributed by atoms with van der Waals surface area (Å²) in [6.07, 6.45) is 8.33. The second-order valence-corrected chi connectivity index (χ2v) is 6.89. The number of amides is 1. The third-order valence-corrected chi connectivity index (χ3v) is 4.29. The van der Waals surface area contributed by atoms with E-state index in [1.54, 1.807) is 4.90 Å². The maximum Gasteiger partial charge on any atom is 0.411 e. The van der Waals surface area contributed by atoms with E-state index in [0.29, 0.717) is 12.1 Å². The van der Waals surface area contributed by atoms with Crippen LogP contribution in [0, 0.1) is 5.92 Å². The first-order valence-corrected chi connectivity index (χ1v) is 7.48. The minimum atomic E-state index is -0.829. The van der Waals surface area contributed by atoms with Gasteiger partial charge in [0.05, 0.1) is 12.7 Å². The molecule has 2 atom stereocenters. The summed E-state index contributed by atoms with van der Waals surface area (Å²) in [4.78, 5) is 26.4. The van der Waals surface area contributed by atoms with Crippen LogP contribution in [0.25, 0.3) is 0 Å². The summed E-state index contributed by atoms with van der Waals surface area (Å²) < 4.78 is 10.4. The maximum atomic E-state index is 12.6. The van der Waals surface area contributed by atoms with Gasteiger partial charge in [-0.2, -0.15) is 0 Å². The quantitative estimate of drug-likeness (QED) is 0.552. The zero-order valence-corrected chi connectivity index (χ0v) is 13.4. The smallest absolute Gasteiger partial charge is 0.411 e. The van der Waals surface area contributed by atoms with Crippen molar-refractivity contribution in [2.45, 2.75) is 38.3 Å². The Morgan fingerprint density at radius 2 is 2.09 bits per heavy atom. The molecule has 118 valence electrons. The van der Waals surface area contributed by atoms with Crippen LogP contribution >= 0.6 is 0 Å². The van der Waals surface area contributed by atoms with E-state index >= 15 is 0 Å². The molecule has 0 aromatic rings. The number of allylic oxidation sites excluding steroid dienone is 2. The van der Waals surface area contributed by atoms with Gasteiger partial charge in [0, 0.05) is 6.54 Å². The van der Waals surface area contributed by atoms with Crippen LogP contribution in [0.15, 0.2) is 35.5 Å². The van der Waals surface area contributed by atoms with E-state index in [0.717, 1.165) is 12.0 Å². The first kappa shape index (κ1) is 14.9. The van der Waals surface area contributed by atoms with E-state index in [2.05, 4.69) is 0 Å². The molecule has 0 saturated heterocycles. The molecule has 5 nitrogen and oxygen atoms in total. The lowest BCUT2D eigenvalue weighted by Gasteiger charge is -2.45. The summed E-state index contributed by atoms with van der Waals surface area (Å²) in [6, 6.07) is 0. The number of carbonyl (C=O) groups excluding carboxylic acids is 2. The van der Waals surface area contributed by atoms with Crippen LogP contribution in [0.5, 0.6) is 0 Å². The number of esters is 1. The Hall–Kier alpha value is -2.04. The summed E-state index contributed by atoms with van der Waals surface area (Å²) in [5.74, 6) is -0.198. The third kappa shape index (κ3) is 2.07. The second-order valence-electron chi connectivity index (χ2n) is 6.89. The van der Waals surface area contributed by atoms with E-state index in [1.165, 1.54) is 7.11 Å². The molecule has 0 aromatic carbocycles. The number of nitrogens with zero attached hydrogens (tertiary/aromatic N) is 1. The average Bonchev–Trinajstić information content (AvgIpc) is 2.83. The number of carbonyl (C=O) groups is 2. The van der Waals surface area contributed by atoms with Crippen molar-refractivity contribution in [1.82, 2.24) is 4.90 Å². The molecule has 4 aliphatic rings. The van der Waals surface area contributed by atoms with Crippen molar-refractivity contribution in [2.24, 2.45) is 5.92 Å². The minimum absolute atomic E-state index is 0.195. The van der Waals surface area contributed by atoms with Gasteiger partial charge >= 0.3 is 12.1 Å². The van der Waals surface area contributed by atoms with Gasteiger partial charge in [-0.1, -0.05) is 24.3 Å². The molecule has 2 bridgehead atoms. The highest BCUT2D eigenvalue weighted by Crippen LogP contribution is 2.50. The topological polar surface area (TPSA) is 55.8 Å². The average molecular weight is 303 g/mol. The SMILES string of the molecule is COC(=O)C1=CC2C=CC13C(=CCN3C(=O)OC(C)(C)C)C2. The molecule has 1 aliphatic heterocycles. The molecule has 4 rings (SSSR count). The van der Waals surface area contributed by atoms with Gasteiger partial charge in [0.15, 0.2) is 0 Å². The summed E-state index contributed by atoms with van der Waals surface area (Å²) in [5.41, 5.74) is 0.183. The molecule has 0 saturated carbocycles. The summed E-state index contributed by atoms with van der Waals surface area (Å²) >= 11 is 0. The number of methoxy groups -OCH3 is 1. The van der Waals surface area contributed by atoms with Crippen LogP contribution in [0.2, 0.25) is 0 Å². The van der Waals surface area contributed by atoms with Gasteiger partial charge in [-0.3, -0.25) is 4.90 Å². The highest BCUT2D eigenvalue weighted by atomic mass is 16.6. The fourth-order valence-electron chi connectivity index (χ4n) is 3.43. The molecule has 0 N–H and O–H groups in total. The van der Waals surface area contributed by atoms with Gasteiger partial charge in [-0.25, -0.2) is 9.59 Å². The molecule has 1 amide bonds. The lowest BCUT2D eigenvalue weighted by molar-refractivity contribution is -0.137. The lowest BCUT2D eigenvalue weighted by Crippen LogP contribution is -2.55.